The Balaban J connectivity index is 1.63. The topological polar surface area (TPSA) is 60.7 Å². The van der Waals surface area contributed by atoms with E-state index in [0.717, 1.165) is 44.8 Å². The van der Waals surface area contributed by atoms with Crippen LogP contribution in [0.15, 0.2) is 41.7 Å². The maximum Gasteiger partial charge on any atom is 0.416 e. The van der Waals surface area contributed by atoms with E-state index in [1.165, 1.54) is 12.1 Å². The molecule has 31 heavy (non-hydrogen) atoms. The molecule has 3 rings (SSSR count). The molecule has 1 aromatic heterocycles. The molecule has 1 saturated heterocycles. The van der Waals surface area contributed by atoms with Gasteiger partial charge in [0.15, 0.2) is 5.96 Å². The molecule has 7 nitrogen and oxygen atoms in total. The number of likely N-dealkylation sites (N-methyl/N-ethyl adjacent to an activating group) is 1. The number of nitrogens with zero attached hydrogens (tertiary/aromatic N) is 5. The summed E-state index contributed by atoms with van der Waals surface area (Å²) in [5, 5.41) is 10.5. The van der Waals surface area contributed by atoms with Crippen LogP contribution in [-0.4, -0.2) is 67.5 Å². The molecule has 1 aromatic carbocycles. The van der Waals surface area contributed by atoms with Gasteiger partial charge in [0.25, 0.3) is 0 Å². The molecule has 1 fully saturated rings. The number of piperazine rings is 1. The molecule has 1 aliphatic heterocycles. The maximum atomic E-state index is 13.3. The number of halogens is 3. The first-order valence-corrected chi connectivity index (χ1v) is 10.4. The molecule has 2 heterocycles. The number of alkyl halides is 3. The Morgan fingerprint density at radius 1 is 1.16 bits per heavy atom. The molecule has 0 bridgehead atoms. The van der Waals surface area contributed by atoms with Crippen LogP contribution in [-0.2, 0) is 19.3 Å². The second-order valence-corrected chi connectivity index (χ2v) is 7.61. The lowest BCUT2D eigenvalue weighted by atomic mass is 10.1. The summed E-state index contributed by atoms with van der Waals surface area (Å²) >= 11 is 0. The van der Waals surface area contributed by atoms with Crippen molar-refractivity contribution in [2.45, 2.75) is 25.7 Å². The molecule has 0 saturated carbocycles. The number of benzene rings is 1. The van der Waals surface area contributed by atoms with E-state index in [9.17, 15) is 13.2 Å². The van der Waals surface area contributed by atoms with Crippen LogP contribution in [0.25, 0.3) is 0 Å². The molecule has 1 aliphatic rings. The van der Waals surface area contributed by atoms with Crippen LogP contribution in [0, 0.1) is 0 Å². The lowest BCUT2D eigenvalue weighted by molar-refractivity contribution is -0.137. The lowest BCUT2D eigenvalue weighted by Gasteiger charge is -2.35. The molecule has 0 amide bonds. The van der Waals surface area contributed by atoms with Crippen molar-refractivity contribution in [3.63, 3.8) is 0 Å². The molecular formula is C21H30F3N7. The summed E-state index contributed by atoms with van der Waals surface area (Å²) in [5.74, 6) is 0.558. The first-order chi connectivity index (χ1) is 14.9. The fraction of sp³-hybridized carbons (Fsp3) is 0.524. The van der Waals surface area contributed by atoms with Gasteiger partial charge in [0.1, 0.15) is 0 Å². The number of rotatable bonds is 7. The number of nitrogens with one attached hydrogen (secondary N) is 2. The molecule has 0 spiro atoms. The van der Waals surface area contributed by atoms with Crippen LogP contribution in [0.2, 0.25) is 0 Å². The fourth-order valence-electron chi connectivity index (χ4n) is 3.54. The molecular weight excluding hydrogens is 407 g/mol. The predicted molar refractivity (Wildman–Crippen MR) is 116 cm³/mol. The molecule has 0 aliphatic carbocycles. The second kappa shape index (κ2) is 10.5. The van der Waals surface area contributed by atoms with Gasteiger partial charge >= 0.3 is 6.18 Å². The Bertz CT molecular complexity index is 841. The van der Waals surface area contributed by atoms with Gasteiger partial charge in [0.05, 0.1) is 5.56 Å². The third kappa shape index (κ3) is 6.61. The highest BCUT2D eigenvalue weighted by atomic mass is 19.4. The highest BCUT2D eigenvalue weighted by Crippen LogP contribution is 2.33. The largest absolute Gasteiger partial charge is 0.416 e. The van der Waals surface area contributed by atoms with Crippen molar-refractivity contribution in [3.05, 3.63) is 47.8 Å². The van der Waals surface area contributed by atoms with Crippen molar-refractivity contribution in [2.75, 3.05) is 51.7 Å². The van der Waals surface area contributed by atoms with Crippen LogP contribution < -0.4 is 15.5 Å². The summed E-state index contributed by atoms with van der Waals surface area (Å²) in [4.78, 5) is 8.56. The molecule has 2 N–H and O–H groups in total. The SMILES string of the molecule is CN=C(NCCCn1cccn1)NCc1cc(C(F)(F)F)ccc1N1CCN(C)CC1. The summed E-state index contributed by atoms with van der Waals surface area (Å²) in [5.41, 5.74) is 0.811. The molecule has 170 valence electrons. The zero-order valence-corrected chi connectivity index (χ0v) is 18.0. The highest BCUT2D eigenvalue weighted by Gasteiger charge is 2.31. The average Bonchev–Trinajstić information content (AvgIpc) is 3.27. The smallest absolute Gasteiger partial charge is 0.369 e. The van der Waals surface area contributed by atoms with Gasteiger partial charge in [-0.15, -0.1) is 0 Å². The lowest BCUT2D eigenvalue weighted by Crippen LogP contribution is -2.45. The number of guanidine groups is 1. The van der Waals surface area contributed by atoms with Crippen molar-refractivity contribution in [1.29, 1.82) is 0 Å². The van der Waals surface area contributed by atoms with Crippen LogP contribution in [0.3, 0.4) is 0 Å². The summed E-state index contributed by atoms with van der Waals surface area (Å²) in [6.45, 7) is 5.04. The van der Waals surface area contributed by atoms with Crippen LogP contribution in [0.4, 0.5) is 18.9 Å². The number of aliphatic imine (C=N–C) groups is 1. The summed E-state index contributed by atoms with van der Waals surface area (Å²) in [6.07, 6.45) is 0.113. The van der Waals surface area contributed by atoms with Gasteiger partial charge < -0.3 is 20.4 Å². The van der Waals surface area contributed by atoms with Crippen molar-refractivity contribution < 1.29 is 13.2 Å². The Morgan fingerprint density at radius 3 is 2.58 bits per heavy atom. The van der Waals surface area contributed by atoms with E-state index in [0.29, 0.717) is 18.1 Å². The third-order valence-corrected chi connectivity index (χ3v) is 5.34. The summed E-state index contributed by atoms with van der Waals surface area (Å²) in [6, 6.07) is 5.87. The number of anilines is 1. The minimum absolute atomic E-state index is 0.254. The Morgan fingerprint density at radius 2 is 1.94 bits per heavy atom. The van der Waals surface area contributed by atoms with Gasteiger partial charge in [0.2, 0.25) is 0 Å². The quantitative estimate of drug-likeness (QED) is 0.396. The highest BCUT2D eigenvalue weighted by molar-refractivity contribution is 5.79. The van der Waals surface area contributed by atoms with Crippen molar-refractivity contribution >= 4 is 11.6 Å². The first-order valence-electron chi connectivity index (χ1n) is 10.4. The Labute approximate surface area is 180 Å². The third-order valence-electron chi connectivity index (χ3n) is 5.34. The fourth-order valence-corrected chi connectivity index (χ4v) is 3.54. The minimum atomic E-state index is -4.37. The molecule has 0 atom stereocenters. The Hall–Kier alpha value is -2.75. The van der Waals surface area contributed by atoms with E-state index in [2.05, 4.69) is 37.6 Å². The van der Waals surface area contributed by atoms with E-state index in [4.69, 9.17) is 0 Å². The summed E-state index contributed by atoms with van der Waals surface area (Å²) in [7, 11) is 3.70. The predicted octanol–water partition coefficient (Wildman–Crippen LogP) is 2.41. The van der Waals surface area contributed by atoms with Crippen LogP contribution in [0.5, 0.6) is 0 Å². The van der Waals surface area contributed by atoms with Crippen LogP contribution >= 0.6 is 0 Å². The normalized spacial score (nSPS) is 15.9. The van der Waals surface area contributed by atoms with Gasteiger partial charge in [0, 0.05) is 70.9 Å². The van der Waals surface area contributed by atoms with E-state index in [1.807, 2.05) is 16.9 Å². The Kier molecular flexibility index (Phi) is 7.78. The molecule has 0 radical (unpaired) electrons. The second-order valence-electron chi connectivity index (χ2n) is 7.61. The number of aromatic nitrogens is 2. The molecule has 0 unspecified atom stereocenters. The van der Waals surface area contributed by atoms with E-state index in [-0.39, 0.29) is 6.54 Å². The van der Waals surface area contributed by atoms with E-state index >= 15 is 0 Å². The number of hydrogen-bond donors (Lipinski definition) is 2. The van der Waals surface area contributed by atoms with Crippen LogP contribution in [0.1, 0.15) is 17.5 Å². The van der Waals surface area contributed by atoms with Gasteiger partial charge in [-0.2, -0.15) is 18.3 Å². The first kappa shape index (κ1) is 22.9. The van der Waals surface area contributed by atoms with Gasteiger partial charge in [-0.25, -0.2) is 0 Å². The van der Waals surface area contributed by atoms with Gasteiger partial charge in [-0.05, 0) is 43.3 Å². The van der Waals surface area contributed by atoms with Crippen molar-refractivity contribution in [2.24, 2.45) is 4.99 Å². The average molecular weight is 438 g/mol. The van der Waals surface area contributed by atoms with E-state index in [1.54, 1.807) is 19.3 Å². The standard InChI is InChI=1S/C21H30F3N7/c1-25-20(26-7-3-9-31-10-4-8-28-31)27-16-17-15-18(21(22,23)24)5-6-19(17)30-13-11-29(2)12-14-30/h4-6,8,10,15H,3,7,9,11-14,16H2,1-2H3,(H2,25,26,27). The van der Waals surface area contributed by atoms with Crippen molar-refractivity contribution in [1.82, 2.24) is 25.3 Å². The van der Waals surface area contributed by atoms with Gasteiger partial charge in [-0.1, -0.05) is 0 Å². The number of aryl methyl sites for hydroxylation is 1. The van der Waals surface area contributed by atoms with E-state index < -0.39 is 11.7 Å². The molecule has 10 heteroatoms. The maximum absolute atomic E-state index is 13.3. The molecule has 2 aromatic rings. The summed E-state index contributed by atoms with van der Waals surface area (Å²) < 4.78 is 41.7. The van der Waals surface area contributed by atoms with Gasteiger partial charge in [-0.3, -0.25) is 9.67 Å². The monoisotopic (exact) mass is 437 g/mol. The van der Waals surface area contributed by atoms with Crippen molar-refractivity contribution in [3.8, 4) is 0 Å². The zero-order chi connectivity index (χ0) is 22.3. The number of hydrogen-bond acceptors (Lipinski definition) is 4. The zero-order valence-electron chi connectivity index (χ0n) is 18.0. The minimum Gasteiger partial charge on any atom is -0.369 e.